The van der Waals surface area contributed by atoms with E-state index in [1.54, 1.807) is 0 Å². The predicted octanol–water partition coefficient (Wildman–Crippen LogP) is 0.923. The normalized spacial score (nSPS) is 15.5. The number of carboxylic acid groups (broad SMARTS) is 1. The molecule has 1 fully saturated rings. The van der Waals surface area contributed by atoms with Crippen LogP contribution in [-0.2, 0) is 4.79 Å². The number of nitrogens with zero attached hydrogens (tertiary/aromatic N) is 3. The van der Waals surface area contributed by atoms with Gasteiger partial charge in [0.25, 0.3) is 5.91 Å². The molecule has 7 nitrogen and oxygen atoms in total. The first kappa shape index (κ1) is 13.3. The van der Waals surface area contributed by atoms with Crippen LogP contribution in [0.25, 0.3) is 5.69 Å². The molecule has 1 amide bonds. The lowest BCUT2D eigenvalue weighted by Crippen LogP contribution is -2.43. The highest BCUT2D eigenvalue weighted by atomic mass is 16.4. The Morgan fingerprint density at radius 2 is 1.95 bits per heavy atom. The van der Waals surface area contributed by atoms with Crippen molar-refractivity contribution in [2.45, 2.75) is 25.3 Å². The van der Waals surface area contributed by atoms with Gasteiger partial charge in [0.05, 0.1) is 11.9 Å². The number of carbonyl (C=O) groups is 2. The van der Waals surface area contributed by atoms with Gasteiger partial charge < -0.3 is 10.4 Å². The Morgan fingerprint density at radius 3 is 2.52 bits per heavy atom. The monoisotopic (exact) mass is 286 g/mol. The molecule has 0 bridgehead atoms. The van der Waals surface area contributed by atoms with Crippen LogP contribution < -0.4 is 5.32 Å². The topological polar surface area (TPSA) is 97.1 Å². The molecule has 21 heavy (non-hydrogen) atoms. The fraction of sp³-hybridized carbons (Fsp3) is 0.286. The van der Waals surface area contributed by atoms with Crippen LogP contribution >= 0.6 is 0 Å². The van der Waals surface area contributed by atoms with Crippen LogP contribution in [0.5, 0.6) is 0 Å². The molecule has 0 spiro atoms. The standard InChI is InChI=1S/C14H14N4O3/c1-9-2-4-10(5-3-9)18-8-11(16-17-18)12(19)15-14(6-7-14)13(20)21/h2-5,8H,6-7H2,1H3,(H,15,19)(H,20,21). The van der Waals surface area contributed by atoms with Gasteiger partial charge in [-0.15, -0.1) is 5.10 Å². The Kier molecular flexibility index (Phi) is 2.97. The van der Waals surface area contributed by atoms with Crippen molar-refractivity contribution in [2.24, 2.45) is 0 Å². The van der Waals surface area contributed by atoms with E-state index in [9.17, 15) is 9.59 Å². The quantitative estimate of drug-likeness (QED) is 0.871. The summed E-state index contributed by atoms with van der Waals surface area (Å²) in [6.45, 7) is 1.98. The number of aliphatic carboxylic acids is 1. The second kappa shape index (κ2) is 4.69. The zero-order chi connectivity index (χ0) is 15.0. The largest absolute Gasteiger partial charge is 0.480 e. The lowest BCUT2D eigenvalue weighted by atomic mass is 10.2. The molecule has 1 aromatic carbocycles. The summed E-state index contributed by atoms with van der Waals surface area (Å²) in [5, 5.41) is 19.2. The van der Waals surface area contributed by atoms with Gasteiger partial charge in [-0.3, -0.25) is 4.79 Å². The fourth-order valence-electron chi connectivity index (χ4n) is 1.99. The van der Waals surface area contributed by atoms with Crippen LogP contribution in [0.4, 0.5) is 0 Å². The van der Waals surface area contributed by atoms with E-state index in [2.05, 4.69) is 15.6 Å². The number of hydrogen-bond donors (Lipinski definition) is 2. The molecule has 1 saturated carbocycles. The molecular formula is C14H14N4O3. The van der Waals surface area contributed by atoms with E-state index in [0.717, 1.165) is 11.3 Å². The first-order valence-corrected chi connectivity index (χ1v) is 6.55. The molecule has 2 aromatic rings. The highest BCUT2D eigenvalue weighted by Gasteiger charge is 2.51. The van der Waals surface area contributed by atoms with E-state index >= 15 is 0 Å². The van der Waals surface area contributed by atoms with E-state index in [1.165, 1.54) is 10.9 Å². The van der Waals surface area contributed by atoms with Gasteiger partial charge in [-0.2, -0.15) is 0 Å². The van der Waals surface area contributed by atoms with Crippen molar-refractivity contribution in [1.82, 2.24) is 20.3 Å². The zero-order valence-electron chi connectivity index (χ0n) is 11.4. The van der Waals surface area contributed by atoms with Gasteiger partial charge >= 0.3 is 5.97 Å². The number of aryl methyl sites for hydroxylation is 1. The SMILES string of the molecule is Cc1ccc(-n2cc(C(=O)NC3(C(=O)O)CC3)nn2)cc1. The smallest absolute Gasteiger partial charge is 0.329 e. The van der Waals surface area contributed by atoms with Crippen molar-refractivity contribution < 1.29 is 14.7 Å². The van der Waals surface area contributed by atoms with E-state index in [4.69, 9.17) is 5.11 Å². The molecule has 3 rings (SSSR count). The average Bonchev–Trinajstić information content (AvgIpc) is 3.07. The van der Waals surface area contributed by atoms with E-state index in [-0.39, 0.29) is 5.69 Å². The summed E-state index contributed by atoms with van der Waals surface area (Å²) in [5.41, 5.74) is 0.883. The number of carboxylic acids is 1. The summed E-state index contributed by atoms with van der Waals surface area (Å²) < 4.78 is 1.48. The third-order valence-corrected chi connectivity index (χ3v) is 3.54. The third-order valence-electron chi connectivity index (χ3n) is 3.54. The third kappa shape index (κ3) is 2.49. The molecule has 0 aliphatic heterocycles. The Balaban J connectivity index is 1.77. The number of benzene rings is 1. The van der Waals surface area contributed by atoms with Crippen LogP contribution in [0.3, 0.4) is 0 Å². The first-order valence-electron chi connectivity index (χ1n) is 6.55. The molecule has 0 unspecified atom stereocenters. The summed E-state index contributed by atoms with van der Waals surface area (Å²) in [6.07, 6.45) is 2.37. The molecule has 0 radical (unpaired) electrons. The Labute approximate surface area is 120 Å². The Bertz CT molecular complexity index is 701. The molecule has 2 N–H and O–H groups in total. The van der Waals surface area contributed by atoms with Crippen LogP contribution in [0, 0.1) is 6.92 Å². The molecule has 7 heteroatoms. The second-order valence-electron chi connectivity index (χ2n) is 5.23. The summed E-state index contributed by atoms with van der Waals surface area (Å²) in [6, 6.07) is 7.59. The highest BCUT2D eigenvalue weighted by Crippen LogP contribution is 2.35. The maximum atomic E-state index is 12.0. The number of amides is 1. The predicted molar refractivity (Wildman–Crippen MR) is 73.2 cm³/mol. The van der Waals surface area contributed by atoms with Crippen LogP contribution in [0.15, 0.2) is 30.5 Å². The minimum Gasteiger partial charge on any atom is -0.480 e. The van der Waals surface area contributed by atoms with Gasteiger partial charge in [-0.1, -0.05) is 22.9 Å². The Hall–Kier alpha value is -2.70. The van der Waals surface area contributed by atoms with Gasteiger partial charge in [0.2, 0.25) is 0 Å². The first-order chi connectivity index (χ1) is 10.00. The number of aromatic nitrogens is 3. The molecule has 1 heterocycles. The van der Waals surface area contributed by atoms with Gasteiger partial charge in [0.15, 0.2) is 5.69 Å². The van der Waals surface area contributed by atoms with Crippen LogP contribution in [0.2, 0.25) is 0 Å². The van der Waals surface area contributed by atoms with Gasteiger partial charge in [-0.25, -0.2) is 9.48 Å². The zero-order valence-corrected chi connectivity index (χ0v) is 11.4. The molecule has 1 aliphatic rings. The van der Waals surface area contributed by atoms with Crippen molar-refractivity contribution >= 4 is 11.9 Å². The molecule has 1 aliphatic carbocycles. The van der Waals surface area contributed by atoms with Crippen molar-refractivity contribution in [3.05, 3.63) is 41.7 Å². The summed E-state index contributed by atoms with van der Waals surface area (Å²) in [4.78, 5) is 23.1. The second-order valence-corrected chi connectivity index (χ2v) is 5.23. The number of nitrogens with one attached hydrogen (secondary N) is 1. The minimum atomic E-state index is -1.12. The van der Waals surface area contributed by atoms with Crippen molar-refractivity contribution in [3.63, 3.8) is 0 Å². The lowest BCUT2D eigenvalue weighted by molar-refractivity contribution is -0.140. The van der Waals surface area contributed by atoms with Crippen LogP contribution in [-0.4, -0.2) is 37.5 Å². The van der Waals surface area contributed by atoms with Gasteiger partial charge in [-0.05, 0) is 31.9 Å². The van der Waals surface area contributed by atoms with E-state index in [1.807, 2.05) is 31.2 Å². The number of hydrogen-bond acceptors (Lipinski definition) is 4. The number of carbonyl (C=O) groups excluding carboxylic acids is 1. The van der Waals surface area contributed by atoms with Crippen molar-refractivity contribution in [3.8, 4) is 5.69 Å². The summed E-state index contributed by atoms with van der Waals surface area (Å²) in [5.74, 6) is -1.53. The maximum absolute atomic E-state index is 12.0. The minimum absolute atomic E-state index is 0.100. The van der Waals surface area contributed by atoms with E-state index in [0.29, 0.717) is 12.8 Å². The average molecular weight is 286 g/mol. The summed E-state index contributed by atoms with van der Waals surface area (Å²) >= 11 is 0. The fourth-order valence-corrected chi connectivity index (χ4v) is 1.99. The molecule has 0 atom stereocenters. The maximum Gasteiger partial charge on any atom is 0.329 e. The molecular weight excluding hydrogens is 272 g/mol. The Morgan fingerprint density at radius 1 is 1.29 bits per heavy atom. The van der Waals surface area contributed by atoms with Crippen molar-refractivity contribution in [1.29, 1.82) is 0 Å². The van der Waals surface area contributed by atoms with Gasteiger partial charge in [0, 0.05) is 0 Å². The van der Waals surface area contributed by atoms with E-state index < -0.39 is 17.4 Å². The number of rotatable bonds is 4. The van der Waals surface area contributed by atoms with Crippen LogP contribution in [0.1, 0.15) is 28.9 Å². The lowest BCUT2D eigenvalue weighted by Gasteiger charge is -2.10. The summed E-state index contributed by atoms with van der Waals surface area (Å²) in [7, 11) is 0. The molecule has 0 saturated heterocycles. The molecule has 1 aromatic heterocycles. The van der Waals surface area contributed by atoms with Gasteiger partial charge in [0.1, 0.15) is 5.54 Å². The molecule has 108 valence electrons. The van der Waals surface area contributed by atoms with Crippen molar-refractivity contribution in [2.75, 3.05) is 0 Å². The highest BCUT2D eigenvalue weighted by molar-refractivity contribution is 5.97.